The molecule has 0 spiro atoms. The van der Waals surface area contributed by atoms with Gasteiger partial charge in [0, 0.05) is 0 Å². The van der Waals surface area contributed by atoms with Gasteiger partial charge < -0.3 is 37.2 Å². The van der Waals surface area contributed by atoms with Crippen LogP contribution in [0.25, 0.3) is 0 Å². The molecule has 1 aliphatic rings. The summed E-state index contributed by atoms with van der Waals surface area (Å²) < 4.78 is 1.57. The Morgan fingerprint density at radius 3 is 1.78 bits per heavy atom. The maximum atomic E-state index is 2.34. The number of hydrogen-bond acceptors (Lipinski definition) is 0. The Morgan fingerprint density at radius 1 is 0.852 bits per heavy atom. The predicted molar refractivity (Wildman–Crippen MR) is 103 cm³/mol. The smallest absolute Gasteiger partial charge is 1.00 e. The summed E-state index contributed by atoms with van der Waals surface area (Å²) in [5, 5.41) is 4.86. The Kier molecular flexibility index (Phi) is 12.9. The number of halogens is 3. The van der Waals surface area contributed by atoms with Crippen LogP contribution in [0.4, 0.5) is 0 Å². The minimum Gasteiger partial charge on any atom is -1.00 e. The molecule has 5 heteroatoms. The molecular weight excluding hydrogens is 447 g/mol. The van der Waals surface area contributed by atoms with E-state index in [0.717, 1.165) is 0 Å². The summed E-state index contributed by atoms with van der Waals surface area (Å²) in [5.41, 5.74) is 3.26. The van der Waals surface area contributed by atoms with E-state index in [2.05, 4.69) is 94.9 Å². The van der Waals surface area contributed by atoms with Gasteiger partial charge in [0.05, 0.1) is 0 Å². The van der Waals surface area contributed by atoms with Crippen LogP contribution in [-0.4, -0.2) is 8.80 Å². The first-order valence-electron chi connectivity index (χ1n) is 8.96. The topological polar surface area (TPSA) is 0 Å². The van der Waals surface area contributed by atoms with Crippen molar-refractivity contribution in [3.8, 4) is 0 Å². The van der Waals surface area contributed by atoms with Gasteiger partial charge in [0.1, 0.15) is 0 Å². The van der Waals surface area contributed by atoms with Crippen LogP contribution in [0.5, 0.6) is 0 Å². The Labute approximate surface area is 196 Å². The van der Waals surface area contributed by atoms with Crippen molar-refractivity contribution in [2.45, 2.75) is 39.5 Å². The first kappa shape index (κ1) is 26.7. The fourth-order valence-electron chi connectivity index (χ4n) is 3.70. The molecule has 0 amide bonds. The summed E-state index contributed by atoms with van der Waals surface area (Å²) >= 11 is 2.34. The second kappa shape index (κ2) is 13.0. The molecule has 1 aliphatic carbocycles. The van der Waals surface area contributed by atoms with Crippen molar-refractivity contribution in [1.29, 1.82) is 0 Å². The predicted octanol–water partition coefficient (Wildman–Crippen LogP) is -4.71. The van der Waals surface area contributed by atoms with Crippen molar-refractivity contribution >= 4 is 19.2 Å². The largest absolute Gasteiger partial charge is 1.00 e. The van der Waals surface area contributed by atoms with Gasteiger partial charge >= 0.3 is 160 Å². The van der Waals surface area contributed by atoms with E-state index in [1.807, 2.05) is 0 Å². The Hall–Kier alpha value is -0.279. The average Bonchev–Trinajstić information content (AvgIpc) is 2.90. The van der Waals surface area contributed by atoms with Crippen molar-refractivity contribution in [3.05, 3.63) is 80.9 Å². The number of unbranched alkanes of at least 4 members (excludes halogenated alkanes) is 1. The van der Waals surface area contributed by atoms with Gasteiger partial charge in [-0.3, -0.25) is 0 Å². The maximum absolute atomic E-state index is 2.34. The maximum Gasteiger partial charge on any atom is -1.00 e. The van der Waals surface area contributed by atoms with Crippen molar-refractivity contribution in [2.75, 3.05) is 0 Å². The van der Waals surface area contributed by atoms with Crippen LogP contribution in [0, 0.1) is 0 Å². The van der Waals surface area contributed by atoms with Crippen LogP contribution >= 0.6 is 0 Å². The Morgan fingerprint density at radius 2 is 1.33 bits per heavy atom. The molecule has 2 aromatic carbocycles. The second-order valence-corrected chi connectivity index (χ2v) is 10.4. The molecule has 0 bridgehead atoms. The van der Waals surface area contributed by atoms with Gasteiger partial charge in [-0.15, -0.1) is 0 Å². The molecule has 0 fully saturated rings. The standard InChI is InChI=1S/C22H25Si.3ClH.Ti/c1-3-4-11-19-16-18(2)17-22(19)23(20-12-7-5-8-13-20)21-14-9-6-10-15-21;;;;/h5-10,12-15,23H,3-4,11,17H2,1-2H3;3*1H;/q;;;;+3/p-3. The zero-order valence-electron chi connectivity index (χ0n) is 15.8. The van der Waals surface area contributed by atoms with Crippen LogP contribution < -0.4 is 47.6 Å². The van der Waals surface area contributed by atoms with Gasteiger partial charge in [-0.05, 0) is 0 Å². The van der Waals surface area contributed by atoms with Gasteiger partial charge in [-0.1, -0.05) is 0 Å². The SMILES string of the molecule is CCCCC1=C([SiH](c2ccccc2)c2ccccc2)CC(C)=[C]1[Ti+3].[Cl-].[Cl-].[Cl-]. The first-order chi connectivity index (χ1) is 11.7. The summed E-state index contributed by atoms with van der Waals surface area (Å²) in [6.07, 6.45) is 5.00. The fourth-order valence-corrected chi connectivity index (χ4v) is 8.06. The summed E-state index contributed by atoms with van der Waals surface area (Å²) in [6.45, 7) is 4.63. The number of hydrogen-bond donors (Lipinski definition) is 0. The molecule has 0 nitrogen and oxygen atoms in total. The van der Waals surface area contributed by atoms with Gasteiger partial charge in [-0.25, -0.2) is 0 Å². The number of rotatable bonds is 6. The van der Waals surface area contributed by atoms with Crippen molar-refractivity contribution in [2.24, 2.45) is 0 Å². The van der Waals surface area contributed by atoms with Gasteiger partial charge in [0.2, 0.25) is 0 Å². The van der Waals surface area contributed by atoms with Crippen molar-refractivity contribution in [1.82, 2.24) is 0 Å². The molecule has 0 atom stereocenters. The summed E-state index contributed by atoms with van der Waals surface area (Å²) in [7, 11) is -1.34. The number of benzene rings is 2. The molecule has 142 valence electrons. The summed E-state index contributed by atoms with van der Waals surface area (Å²) in [5.74, 6) is 0. The van der Waals surface area contributed by atoms with E-state index in [1.54, 1.807) is 30.6 Å². The van der Waals surface area contributed by atoms with Crippen LogP contribution in [0.2, 0.25) is 0 Å². The zero-order valence-corrected chi connectivity index (χ0v) is 20.8. The van der Waals surface area contributed by atoms with Crippen LogP contribution in [0.3, 0.4) is 0 Å². The second-order valence-electron chi connectivity index (χ2n) is 6.69. The van der Waals surface area contributed by atoms with E-state index in [9.17, 15) is 0 Å². The van der Waals surface area contributed by atoms with E-state index < -0.39 is 8.80 Å². The molecule has 0 saturated carbocycles. The third-order valence-corrected chi connectivity index (χ3v) is 9.46. The van der Waals surface area contributed by atoms with Crippen LogP contribution in [0.1, 0.15) is 39.5 Å². The summed E-state index contributed by atoms with van der Waals surface area (Å²) in [6, 6.07) is 22.5. The zero-order chi connectivity index (χ0) is 16.9. The third kappa shape index (κ3) is 6.36. The average molecular weight is 472 g/mol. The molecule has 0 aliphatic heterocycles. The van der Waals surface area contributed by atoms with Crippen molar-refractivity contribution in [3.63, 3.8) is 0 Å². The van der Waals surface area contributed by atoms with Gasteiger partial charge in [0.15, 0.2) is 0 Å². The molecule has 0 radical (unpaired) electrons. The fraction of sp³-hybridized carbons (Fsp3) is 0.273. The molecule has 0 saturated heterocycles. The van der Waals surface area contributed by atoms with Gasteiger partial charge in [-0.2, -0.15) is 0 Å². The Bertz CT molecular complexity index is 718. The quantitative estimate of drug-likeness (QED) is 0.372. The molecular formula is C22H25Cl3SiTi. The van der Waals surface area contributed by atoms with E-state index in [-0.39, 0.29) is 37.2 Å². The summed E-state index contributed by atoms with van der Waals surface area (Å²) in [4.78, 5) is 0. The van der Waals surface area contributed by atoms with Crippen LogP contribution in [-0.2, 0) is 20.4 Å². The molecule has 2 aromatic rings. The molecule has 27 heavy (non-hydrogen) atoms. The third-order valence-electron chi connectivity index (χ3n) is 4.97. The first-order valence-corrected chi connectivity index (χ1v) is 11.5. The normalized spacial score (nSPS) is 13.2. The molecule has 0 unspecified atom stereocenters. The molecule has 0 heterocycles. The molecule has 3 rings (SSSR count). The monoisotopic (exact) mass is 470 g/mol. The van der Waals surface area contributed by atoms with Crippen LogP contribution in [0.15, 0.2) is 80.9 Å². The van der Waals surface area contributed by atoms with E-state index in [1.165, 1.54) is 25.7 Å². The van der Waals surface area contributed by atoms with Crippen molar-refractivity contribution < 1.29 is 57.7 Å². The minimum atomic E-state index is -1.34. The molecule has 0 aromatic heterocycles. The number of allylic oxidation sites excluding steroid dienone is 4. The van der Waals surface area contributed by atoms with E-state index in [0.29, 0.717) is 0 Å². The Balaban J connectivity index is 0.00000225. The van der Waals surface area contributed by atoms with E-state index >= 15 is 0 Å². The van der Waals surface area contributed by atoms with Gasteiger partial charge in [0.25, 0.3) is 0 Å². The van der Waals surface area contributed by atoms with E-state index in [4.69, 9.17) is 0 Å². The minimum absolute atomic E-state index is 0. The molecule has 0 N–H and O–H groups in total.